The van der Waals surface area contributed by atoms with E-state index in [1.807, 2.05) is 91.9 Å². The van der Waals surface area contributed by atoms with Crippen molar-refractivity contribution in [2.24, 2.45) is 0 Å². The minimum absolute atomic E-state index is 0.163. The molecule has 0 N–H and O–H groups in total. The molecule has 154 valence electrons. The van der Waals surface area contributed by atoms with Crippen molar-refractivity contribution in [2.45, 2.75) is 12.8 Å². The fourth-order valence-corrected chi connectivity index (χ4v) is 3.33. The molecule has 5 nitrogen and oxygen atoms in total. The van der Waals surface area contributed by atoms with E-state index in [4.69, 9.17) is 9.47 Å². The molecule has 4 rings (SSSR count). The van der Waals surface area contributed by atoms with Crippen molar-refractivity contribution in [3.63, 3.8) is 0 Å². The third kappa shape index (κ3) is 4.95. The Morgan fingerprint density at radius 3 is 1.90 bits per heavy atom. The smallest absolute Gasteiger partial charge is 0.324 e. The van der Waals surface area contributed by atoms with E-state index in [2.05, 4.69) is 10.2 Å². The molecule has 0 saturated carbocycles. The lowest BCUT2D eigenvalue weighted by Crippen LogP contribution is -2.20. The third-order valence-electron chi connectivity index (χ3n) is 4.81. The van der Waals surface area contributed by atoms with Crippen LogP contribution in [0.25, 0.3) is 11.3 Å². The number of ether oxygens (including phenoxy) is 2. The fraction of sp³-hybridized carbons (Fsp3) is 0.115. The molecule has 0 unspecified atom stereocenters. The summed E-state index contributed by atoms with van der Waals surface area (Å²) < 4.78 is 11.1. The van der Waals surface area contributed by atoms with E-state index in [0.717, 1.165) is 22.4 Å². The number of carbonyl (C=O) groups excluding carboxylic acids is 1. The zero-order valence-corrected chi connectivity index (χ0v) is 17.1. The number of benzene rings is 3. The van der Waals surface area contributed by atoms with Crippen LogP contribution in [0.3, 0.4) is 0 Å². The van der Waals surface area contributed by atoms with E-state index in [9.17, 15) is 4.79 Å². The Morgan fingerprint density at radius 1 is 0.774 bits per heavy atom. The first kappa shape index (κ1) is 20.3. The van der Waals surface area contributed by atoms with Gasteiger partial charge in [0.25, 0.3) is 0 Å². The van der Waals surface area contributed by atoms with E-state index < -0.39 is 11.9 Å². The highest BCUT2D eigenvalue weighted by Crippen LogP contribution is 2.27. The molecular formula is C26H22N2O3. The summed E-state index contributed by atoms with van der Waals surface area (Å²) in [7, 11) is 0. The van der Waals surface area contributed by atoms with Gasteiger partial charge in [-0.3, -0.25) is 4.79 Å². The summed E-state index contributed by atoms with van der Waals surface area (Å²) in [5.74, 6) is 0.0182. The molecule has 0 amide bonds. The molecule has 0 bridgehead atoms. The van der Waals surface area contributed by atoms with E-state index >= 15 is 0 Å². The van der Waals surface area contributed by atoms with Gasteiger partial charge in [0, 0.05) is 11.6 Å². The normalized spacial score (nSPS) is 10.6. The largest absolute Gasteiger partial charge is 0.494 e. The molecular weight excluding hydrogens is 388 g/mol. The van der Waals surface area contributed by atoms with Crippen molar-refractivity contribution in [2.75, 3.05) is 6.61 Å². The van der Waals surface area contributed by atoms with Gasteiger partial charge in [-0.15, -0.1) is 10.2 Å². The number of rotatable bonds is 7. The van der Waals surface area contributed by atoms with Crippen molar-refractivity contribution in [1.82, 2.24) is 10.2 Å². The van der Waals surface area contributed by atoms with Crippen molar-refractivity contribution in [3.8, 4) is 22.9 Å². The highest BCUT2D eigenvalue weighted by molar-refractivity contribution is 5.83. The summed E-state index contributed by atoms with van der Waals surface area (Å²) in [6.07, 6.45) is 0. The van der Waals surface area contributed by atoms with Gasteiger partial charge in [-0.1, -0.05) is 60.7 Å². The number of esters is 1. The molecule has 0 spiro atoms. The lowest BCUT2D eigenvalue weighted by Gasteiger charge is -2.16. The Hall–Kier alpha value is -3.99. The van der Waals surface area contributed by atoms with E-state index in [0.29, 0.717) is 12.3 Å². The first-order chi connectivity index (χ1) is 15.2. The van der Waals surface area contributed by atoms with E-state index in [1.165, 1.54) is 0 Å². The van der Waals surface area contributed by atoms with Crippen LogP contribution in [0.2, 0.25) is 0 Å². The van der Waals surface area contributed by atoms with Crippen LogP contribution in [0.15, 0.2) is 97.1 Å². The average Bonchev–Trinajstić information content (AvgIpc) is 2.82. The van der Waals surface area contributed by atoms with Crippen LogP contribution < -0.4 is 9.47 Å². The maximum absolute atomic E-state index is 13.1. The molecule has 0 aliphatic heterocycles. The van der Waals surface area contributed by atoms with Gasteiger partial charge in [-0.25, -0.2) is 0 Å². The zero-order chi connectivity index (χ0) is 21.5. The standard InChI is InChI=1S/C26H22N2O3/c1-2-30-22-15-13-19(14-16-22)23-17-18-24(28-27-23)31-26(29)25(20-9-5-3-6-10-20)21-11-7-4-8-12-21/h3-18,25H,2H2,1H3. The predicted octanol–water partition coefficient (Wildman–Crippen LogP) is 5.28. The molecule has 3 aromatic carbocycles. The number of aromatic nitrogens is 2. The molecule has 5 heteroatoms. The Bertz CT molecular complexity index is 1070. The summed E-state index contributed by atoms with van der Waals surface area (Å²) in [6.45, 7) is 2.56. The second-order valence-corrected chi connectivity index (χ2v) is 6.89. The Morgan fingerprint density at radius 2 is 1.39 bits per heavy atom. The van der Waals surface area contributed by atoms with Crippen LogP contribution in [0.5, 0.6) is 11.6 Å². The van der Waals surface area contributed by atoms with Crippen LogP contribution in [0.4, 0.5) is 0 Å². The maximum atomic E-state index is 13.1. The molecule has 0 aliphatic rings. The summed E-state index contributed by atoms with van der Waals surface area (Å²) in [5, 5.41) is 8.31. The molecule has 4 aromatic rings. The van der Waals surface area contributed by atoms with Gasteiger partial charge in [0.1, 0.15) is 11.7 Å². The summed E-state index contributed by atoms with van der Waals surface area (Å²) in [5.41, 5.74) is 3.31. The van der Waals surface area contributed by atoms with Gasteiger partial charge < -0.3 is 9.47 Å². The second kappa shape index (κ2) is 9.67. The van der Waals surface area contributed by atoms with Crippen LogP contribution in [-0.2, 0) is 4.79 Å². The quantitative estimate of drug-likeness (QED) is 0.388. The monoisotopic (exact) mass is 410 g/mol. The van der Waals surface area contributed by atoms with E-state index in [1.54, 1.807) is 12.1 Å². The topological polar surface area (TPSA) is 61.3 Å². The van der Waals surface area contributed by atoms with Crippen LogP contribution in [0, 0.1) is 0 Å². The van der Waals surface area contributed by atoms with Crippen molar-refractivity contribution < 1.29 is 14.3 Å². The molecule has 0 aliphatic carbocycles. The fourth-order valence-electron chi connectivity index (χ4n) is 3.33. The van der Waals surface area contributed by atoms with Crippen molar-refractivity contribution in [1.29, 1.82) is 0 Å². The lowest BCUT2D eigenvalue weighted by atomic mass is 9.91. The zero-order valence-electron chi connectivity index (χ0n) is 17.1. The van der Waals surface area contributed by atoms with Crippen molar-refractivity contribution >= 4 is 5.97 Å². The highest BCUT2D eigenvalue weighted by atomic mass is 16.5. The maximum Gasteiger partial charge on any atom is 0.324 e. The SMILES string of the molecule is CCOc1ccc(-c2ccc(OC(=O)C(c3ccccc3)c3ccccc3)nn2)cc1. The van der Waals surface area contributed by atoms with Gasteiger partial charge >= 0.3 is 5.97 Å². The number of carbonyl (C=O) groups is 1. The molecule has 1 aromatic heterocycles. The molecule has 31 heavy (non-hydrogen) atoms. The first-order valence-corrected chi connectivity index (χ1v) is 10.1. The molecule has 1 heterocycles. The molecule has 0 radical (unpaired) electrons. The molecule has 0 atom stereocenters. The van der Waals surface area contributed by atoms with Crippen molar-refractivity contribution in [3.05, 3.63) is 108 Å². The van der Waals surface area contributed by atoms with Crippen LogP contribution >= 0.6 is 0 Å². The average molecular weight is 410 g/mol. The highest BCUT2D eigenvalue weighted by Gasteiger charge is 2.25. The Kier molecular flexibility index (Phi) is 6.33. The number of nitrogens with zero attached hydrogens (tertiary/aromatic N) is 2. The molecule has 0 fully saturated rings. The number of hydrogen-bond acceptors (Lipinski definition) is 5. The van der Waals surface area contributed by atoms with Gasteiger partial charge in [0.05, 0.1) is 12.3 Å². The predicted molar refractivity (Wildman–Crippen MR) is 119 cm³/mol. The lowest BCUT2D eigenvalue weighted by molar-refractivity contribution is -0.135. The minimum atomic E-state index is -0.546. The Labute approximate surface area is 181 Å². The summed E-state index contributed by atoms with van der Waals surface area (Å²) in [4.78, 5) is 13.1. The summed E-state index contributed by atoms with van der Waals surface area (Å²) >= 11 is 0. The minimum Gasteiger partial charge on any atom is -0.494 e. The Balaban J connectivity index is 1.53. The molecule has 0 saturated heterocycles. The number of hydrogen-bond donors (Lipinski definition) is 0. The van der Waals surface area contributed by atoms with Gasteiger partial charge in [-0.2, -0.15) is 0 Å². The van der Waals surface area contributed by atoms with Crippen LogP contribution in [0.1, 0.15) is 24.0 Å². The van der Waals surface area contributed by atoms with Gasteiger partial charge in [-0.05, 0) is 48.4 Å². The summed E-state index contributed by atoms with van der Waals surface area (Å²) in [6, 6.07) is 30.2. The first-order valence-electron chi connectivity index (χ1n) is 10.1. The van der Waals surface area contributed by atoms with E-state index in [-0.39, 0.29) is 5.88 Å². The van der Waals surface area contributed by atoms with Crippen LogP contribution in [-0.4, -0.2) is 22.8 Å². The third-order valence-corrected chi connectivity index (χ3v) is 4.81. The van der Waals surface area contributed by atoms with Gasteiger partial charge in [0.2, 0.25) is 5.88 Å². The van der Waals surface area contributed by atoms with Gasteiger partial charge in [0.15, 0.2) is 0 Å². The second-order valence-electron chi connectivity index (χ2n) is 6.89.